The molecular formula is C19H22O3S. The molecule has 0 saturated carbocycles. The number of benzene rings is 2. The highest BCUT2D eigenvalue weighted by atomic mass is 32.2. The van der Waals surface area contributed by atoms with Gasteiger partial charge in [-0.2, -0.15) is 0 Å². The summed E-state index contributed by atoms with van der Waals surface area (Å²) in [6.07, 6.45) is 1.15. The van der Waals surface area contributed by atoms with Crippen molar-refractivity contribution in [3.8, 4) is 0 Å². The Balaban J connectivity index is 1.77. The van der Waals surface area contributed by atoms with Crippen LogP contribution < -0.4 is 0 Å². The van der Waals surface area contributed by atoms with E-state index in [0.29, 0.717) is 6.61 Å². The molecule has 0 spiro atoms. The number of rotatable bonds is 8. The van der Waals surface area contributed by atoms with Crippen molar-refractivity contribution in [1.29, 1.82) is 0 Å². The lowest BCUT2D eigenvalue weighted by molar-refractivity contribution is 0.0118. The van der Waals surface area contributed by atoms with E-state index < -0.39 is 16.9 Å². The highest BCUT2D eigenvalue weighted by molar-refractivity contribution is 7.88. The van der Waals surface area contributed by atoms with Gasteiger partial charge in [-0.05, 0) is 17.7 Å². The summed E-state index contributed by atoms with van der Waals surface area (Å²) in [5.74, 6) is -0.126. The summed E-state index contributed by atoms with van der Waals surface area (Å²) in [6.45, 7) is 2.61. The minimum Gasteiger partial charge on any atom is -0.390 e. The number of hydrogen-bond acceptors (Lipinski definition) is 3. The topological polar surface area (TPSA) is 46.5 Å². The number of aliphatic hydroxyl groups is 1. The van der Waals surface area contributed by atoms with Crippen LogP contribution in [0.15, 0.2) is 77.0 Å². The second-order valence-corrected chi connectivity index (χ2v) is 6.70. The molecule has 0 heterocycles. The Morgan fingerprint density at radius 1 is 1.09 bits per heavy atom. The van der Waals surface area contributed by atoms with Gasteiger partial charge in [-0.15, -0.1) is 0 Å². The van der Waals surface area contributed by atoms with Gasteiger partial charge in [-0.25, -0.2) is 4.21 Å². The number of aliphatic hydroxyl groups excluding tert-OH is 1. The third-order valence-corrected chi connectivity index (χ3v) is 4.63. The minimum atomic E-state index is -1.19. The average Bonchev–Trinajstić information content (AvgIpc) is 2.61. The highest BCUT2D eigenvalue weighted by Gasteiger charge is 2.12. The fraction of sp³-hybridized carbons (Fsp3) is 0.263. The van der Waals surface area contributed by atoms with Crippen LogP contribution in [-0.4, -0.2) is 22.0 Å². The summed E-state index contributed by atoms with van der Waals surface area (Å²) in [5, 5.41) is 11.7. The van der Waals surface area contributed by atoms with Crippen molar-refractivity contribution < 1.29 is 14.1 Å². The number of ether oxygens (including phenoxy) is 1. The molecular weight excluding hydrogens is 308 g/mol. The first-order chi connectivity index (χ1) is 11.2. The van der Waals surface area contributed by atoms with Crippen LogP contribution in [0.2, 0.25) is 0 Å². The van der Waals surface area contributed by atoms with Gasteiger partial charge in [0.25, 0.3) is 0 Å². The van der Waals surface area contributed by atoms with Gasteiger partial charge in [0, 0.05) is 16.2 Å². The van der Waals surface area contributed by atoms with Gasteiger partial charge < -0.3 is 9.84 Å². The Morgan fingerprint density at radius 2 is 1.70 bits per heavy atom. The molecule has 0 radical (unpaired) electrons. The van der Waals surface area contributed by atoms with Crippen molar-refractivity contribution in [2.45, 2.75) is 24.5 Å². The molecule has 0 fully saturated rings. The zero-order valence-corrected chi connectivity index (χ0v) is 14.0. The Labute approximate surface area is 140 Å². The van der Waals surface area contributed by atoms with E-state index in [4.69, 9.17) is 4.74 Å². The molecule has 1 unspecified atom stereocenters. The van der Waals surface area contributed by atoms with Crippen molar-refractivity contribution in [1.82, 2.24) is 0 Å². The van der Waals surface area contributed by atoms with Gasteiger partial charge in [0.15, 0.2) is 0 Å². The fourth-order valence-corrected chi connectivity index (χ4v) is 2.95. The van der Waals surface area contributed by atoms with E-state index in [1.807, 2.05) is 67.6 Å². The standard InChI is InChI=1S/C19H22O3S/c1-16(12-13-23(21)18-10-6-3-7-11-18)19(20)15-22-14-17-8-4-2-5-9-17/h2-13,16,19-20H,14-15H2,1H3/b13-12+/t16-,19-,23?/m1/s1. The lowest BCUT2D eigenvalue weighted by atomic mass is 10.1. The lowest BCUT2D eigenvalue weighted by Gasteiger charge is -2.15. The predicted molar refractivity (Wildman–Crippen MR) is 93.3 cm³/mol. The van der Waals surface area contributed by atoms with Crippen molar-refractivity contribution in [3.05, 3.63) is 77.7 Å². The van der Waals surface area contributed by atoms with Gasteiger partial charge in [0.1, 0.15) is 0 Å². The molecule has 23 heavy (non-hydrogen) atoms. The Kier molecular flexibility index (Phi) is 7.20. The molecule has 4 heteroatoms. The third kappa shape index (κ3) is 6.10. The van der Waals surface area contributed by atoms with E-state index in [-0.39, 0.29) is 12.5 Å². The Hall–Kier alpha value is -1.75. The van der Waals surface area contributed by atoms with Crippen LogP contribution in [0.25, 0.3) is 0 Å². The summed E-state index contributed by atoms with van der Waals surface area (Å²) in [5.41, 5.74) is 1.08. The maximum absolute atomic E-state index is 12.1. The molecule has 1 N–H and O–H groups in total. The third-order valence-electron chi connectivity index (χ3n) is 3.49. The van der Waals surface area contributed by atoms with Crippen molar-refractivity contribution in [2.24, 2.45) is 5.92 Å². The molecule has 3 nitrogen and oxygen atoms in total. The molecule has 2 aromatic carbocycles. The van der Waals surface area contributed by atoms with E-state index in [1.54, 1.807) is 11.5 Å². The van der Waals surface area contributed by atoms with Crippen molar-refractivity contribution >= 4 is 10.8 Å². The molecule has 122 valence electrons. The molecule has 0 amide bonds. The van der Waals surface area contributed by atoms with Crippen LogP contribution in [-0.2, 0) is 22.1 Å². The molecule has 0 saturated heterocycles. The Morgan fingerprint density at radius 3 is 2.35 bits per heavy atom. The predicted octanol–water partition coefficient (Wildman–Crippen LogP) is 3.52. The first-order valence-electron chi connectivity index (χ1n) is 7.60. The van der Waals surface area contributed by atoms with E-state index in [1.165, 1.54) is 0 Å². The van der Waals surface area contributed by atoms with Crippen LogP contribution in [0, 0.1) is 5.92 Å². The molecule has 0 aliphatic heterocycles. The molecule has 0 aromatic heterocycles. The van der Waals surface area contributed by atoms with Gasteiger partial charge in [0.2, 0.25) is 0 Å². The maximum Gasteiger partial charge on any atom is 0.0833 e. The smallest absolute Gasteiger partial charge is 0.0833 e. The Bertz CT molecular complexity index is 626. The number of hydrogen-bond donors (Lipinski definition) is 1. The SMILES string of the molecule is C[C@H](/C=C/S(=O)c1ccccc1)[C@H](O)COCc1ccccc1. The first kappa shape index (κ1) is 17.6. The van der Waals surface area contributed by atoms with Gasteiger partial charge >= 0.3 is 0 Å². The van der Waals surface area contributed by atoms with E-state index >= 15 is 0 Å². The van der Waals surface area contributed by atoms with E-state index in [0.717, 1.165) is 10.5 Å². The van der Waals surface area contributed by atoms with Gasteiger partial charge in [-0.3, -0.25) is 0 Å². The average molecular weight is 330 g/mol. The first-order valence-corrected chi connectivity index (χ1v) is 8.82. The zero-order chi connectivity index (χ0) is 16.5. The quantitative estimate of drug-likeness (QED) is 0.805. The molecule has 0 bridgehead atoms. The lowest BCUT2D eigenvalue weighted by Crippen LogP contribution is -2.22. The summed E-state index contributed by atoms with van der Waals surface area (Å²) in [6, 6.07) is 19.1. The van der Waals surface area contributed by atoms with Crippen molar-refractivity contribution in [2.75, 3.05) is 6.61 Å². The summed E-state index contributed by atoms with van der Waals surface area (Å²) in [4.78, 5) is 0.755. The monoisotopic (exact) mass is 330 g/mol. The summed E-state index contributed by atoms with van der Waals surface area (Å²) in [7, 11) is -1.19. The van der Waals surface area contributed by atoms with Crippen LogP contribution in [0.3, 0.4) is 0 Å². The molecule has 2 rings (SSSR count). The van der Waals surface area contributed by atoms with Crippen LogP contribution in [0.5, 0.6) is 0 Å². The maximum atomic E-state index is 12.1. The molecule has 2 aromatic rings. The van der Waals surface area contributed by atoms with Gasteiger partial charge in [0.05, 0.1) is 30.1 Å². The molecule has 0 aliphatic carbocycles. The van der Waals surface area contributed by atoms with Gasteiger partial charge in [-0.1, -0.05) is 61.5 Å². The minimum absolute atomic E-state index is 0.126. The summed E-state index contributed by atoms with van der Waals surface area (Å²) < 4.78 is 17.6. The van der Waals surface area contributed by atoms with E-state index in [9.17, 15) is 9.32 Å². The highest BCUT2D eigenvalue weighted by Crippen LogP contribution is 2.11. The fourth-order valence-electron chi connectivity index (χ4n) is 1.98. The van der Waals surface area contributed by atoms with Crippen LogP contribution >= 0.6 is 0 Å². The van der Waals surface area contributed by atoms with E-state index in [2.05, 4.69) is 0 Å². The summed E-state index contributed by atoms with van der Waals surface area (Å²) >= 11 is 0. The van der Waals surface area contributed by atoms with Crippen LogP contribution in [0.4, 0.5) is 0 Å². The molecule has 3 atom stereocenters. The largest absolute Gasteiger partial charge is 0.390 e. The second kappa shape index (κ2) is 9.40. The second-order valence-electron chi connectivity index (χ2n) is 5.37. The zero-order valence-electron chi connectivity index (χ0n) is 13.2. The van der Waals surface area contributed by atoms with Crippen LogP contribution in [0.1, 0.15) is 12.5 Å². The normalized spacial score (nSPS) is 15.4. The van der Waals surface area contributed by atoms with Crippen molar-refractivity contribution in [3.63, 3.8) is 0 Å². The molecule has 0 aliphatic rings.